The number of halogens is 2. The largest absolute Gasteiger partial charge is 0.317 e. The van der Waals surface area contributed by atoms with Crippen molar-refractivity contribution in [3.8, 4) is 0 Å². The molecule has 2 rings (SSSR count). The van der Waals surface area contributed by atoms with Crippen molar-refractivity contribution >= 4 is 24.0 Å². The lowest BCUT2D eigenvalue weighted by Crippen LogP contribution is -2.55. The number of benzene rings is 1. The summed E-state index contributed by atoms with van der Waals surface area (Å²) < 4.78 is 12.9. The Labute approximate surface area is 119 Å². The molecule has 1 fully saturated rings. The molecule has 0 atom stereocenters. The topological polar surface area (TPSA) is 46.3 Å². The van der Waals surface area contributed by atoms with Crippen LogP contribution in [0.3, 0.4) is 0 Å². The Balaban J connectivity index is 0.00000180. The van der Waals surface area contributed by atoms with E-state index in [1.165, 1.54) is 17.0 Å². The Bertz CT molecular complexity index is 430. The summed E-state index contributed by atoms with van der Waals surface area (Å²) in [6.07, 6.45) is 4.61. The van der Waals surface area contributed by atoms with Gasteiger partial charge >= 0.3 is 0 Å². The van der Waals surface area contributed by atoms with Crippen molar-refractivity contribution in [3.63, 3.8) is 0 Å². The second kappa shape index (κ2) is 6.35. The second-order valence-corrected chi connectivity index (χ2v) is 5.06. The van der Waals surface area contributed by atoms with Gasteiger partial charge < -0.3 is 10.6 Å². The van der Waals surface area contributed by atoms with E-state index in [0.717, 1.165) is 32.1 Å². The maximum absolute atomic E-state index is 12.9. The highest BCUT2D eigenvalue weighted by Crippen LogP contribution is 2.29. The zero-order valence-corrected chi connectivity index (χ0v) is 11.9. The van der Waals surface area contributed by atoms with Gasteiger partial charge in [-0.3, -0.25) is 4.79 Å². The van der Waals surface area contributed by atoms with Crippen LogP contribution in [0.2, 0.25) is 0 Å². The lowest BCUT2D eigenvalue weighted by Gasteiger charge is -2.35. The van der Waals surface area contributed by atoms with Crippen molar-refractivity contribution in [1.29, 1.82) is 0 Å². The Kier molecular flexibility index (Phi) is 5.32. The summed E-state index contributed by atoms with van der Waals surface area (Å²) in [5.41, 5.74) is 6.13. The van der Waals surface area contributed by atoms with E-state index >= 15 is 0 Å². The summed E-state index contributed by atoms with van der Waals surface area (Å²) in [5, 5.41) is 0. The normalized spacial score (nSPS) is 17.4. The average molecular weight is 287 g/mol. The summed E-state index contributed by atoms with van der Waals surface area (Å²) >= 11 is 0. The number of nitrogens with zero attached hydrogens (tertiary/aromatic N) is 1. The molecule has 19 heavy (non-hydrogen) atoms. The van der Waals surface area contributed by atoms with Gasteiger partial charge in [0.25, 0.3) is 0 Å². The molecule has 2 N–H and O–H groups in total. The predicted octanol–water partition coefficient (Wildman–Crippen LogP) is 2.87. The van der Waals surface area contributed by atoms with E-state index < -0.39 is 5.54 Å². The van der Waals surface area contributed by atoms with Crippen LogP contribution in [0.1, 0.15) is 32.1 Å². The Hall–Kier alpha value is -1.13. The average Bonchev–Trinajstić information content (AvgIpc) is 2.39. The first-order valence-corrected chi connectivity index (χ1v) is 6.35. The Morgan fingerprint density at radius 2 is 1.74 bits per heavy atom. The van der Waals surface area contributed by atoms with E-state index in [0.29, 0.717) is 5.69 Å². The highest BCUT2D eigenvalue weighted by molar-refractivity contribution is 5.99. The number of amides is 1. The van der Waals surface area contributed by atoms with Crippen molar-refractivity contribution in [1.82, 2.24) is 0 Å². The van der Waals surface area contributed by atoms with Gasteiger partial charge in [-0.05, 0) is 37.1 Å². The first kappa shape index (κ1) is 15.9. The zero-order chi connectivity index (χ0) is 13.2. The molecule has 0 radical (unpaired) electrons. The summed E-state index contributed by atoms with van der Waals surface area (Å²) in [5.74, 6) is -0.381. The van der Waals surface area contributed by atoms with Crippen molar-refractivity contribution < 1.29 is 9.18 Å². The van der Waals surface area contributed by atoms with E-state index in [-0.39, 0.29) is 24.1 Å². The fourth-order valence-corrected chi connectivity index (χ4v) is 2.51. The van der Waals surface area contributed by atoms with Crippen molar-refractivity contribution in [3.05, 3.63) is 30.1 Å². The number of rotatable bonds is 2. The van der Waals surface area contributed by atoms with Crippen molar-refractivity contribution in [2.75, 3.05) is 11.9 Å². The molecule has 1 aliphatic carbocycles. The number of hydrogen-bond donors (Lipinski definition) is 1. The zero-order valence-electron chi connectivity index (χ0n) is 11.1. The highest BCUT2D eigenvalue weighted by Gasteiger charge is 2.37. The monoisotopic (exact) mass is 286 g/mol. The third kappa shape index (κ3) is 3.45. The minimum Gasteiger partial charge on any atom is -0.317 e. The molecular formula is C14H20ClFN2O. The molecule has 1 aromatic carbocycles. The molecule has 1 aromatic rings. The van der Waals surface area contributed by atoms with Gasteiger partial charge in [0.05, 0.1) is 5.54 Å². The van der Waals surface area contributed by atoms with Gasteiger partial charge in [0.2, 0.25) is 5.91 Å². The van der Waals surface area contributed by atoms with Gasteiger partial charge in [-0.2, -0.15) is 0 Å². The minimum atomic E-state index is -0.749. The third-order valence-corrected chi connectivity index (χ3v) is 3.69. The van der Waals surface area contributed by atoms with E-state index in [2.05, 4.69) is 0 Å². The van der Waals surface area contributed by atoms with Crippen LogP contribution in [0, 0.1) is 5.82 Å². The van der Waals surface area contributed by atoms with Gasteiger partial charge in [-0.15, -0.1) is 12.4 Å². The van der Waals surface area contributed by atoms with Crippen LogP contribution in [0.5, 0.6) is 0 Å². The molecule has 0 saturated heterocycles. The number of hydrogen-bond acceptors (Lipinski definition) is 2. The lowest BCUT2D eigenvalue weighted by molar-refractivity contribution is -0.124. The first-order valence-electron chi connectivity index (χ1n) is 6.35. The molecular weight excluding hydrogens is 267 g/mol. The molecule has 0 bridgehead atoms. The van der Waals surface area contributed by atoms with Gasteiger partial charge in [-0.25, -0.2) is 4.39 Å². The summed E-state index contributed by atoms with van der Waals surface area (Å²) in [7, 11) is 1.69. The standard InChI is InChI=1S/C14H19FN2O.ClH/c1-17(12-7-5-11(15)6-8-12)13(18)14(16)9-3-2-4-10-14;/h5-8H,2-4,9-10,16H2,1H3;1H. The van der Waals surface area contributed by atoms with Crippen LogP contribution in [0.25, 0.3) is 0 Å². The van der Waals surface area contributed by atoms with Gasteiger partial charge in [-0.1, -0.05) is 19.3 Å². The summed E-state index contributed by atoms with van der Waals surface area (Å²) in [6, 6.07) is 5.89. The third-order valence-electron chi connectivity index (χ3n) is 3.69. The SMILES string of the molecule is CN(C(=O)C1(N)CCCCC1)c1ccc(F)cc1.Cl. The smallest absolute Gasteiger partial charge is 0.246 e. The maximum atomic E-state index is 12.9. The quantitative estimate of drug-likeness (QED) is 0.909. The molecule has 5 heteroatoms. The molecule has 3 nitrogen and oxygen atoms in total. The fraction of sp³-hybridized carbons (Fsp3) is 0.500. The summed E-state index contributed by atoms with van der Waals surface area (Å²) in [4.78, 5) is 13.9. The fourth-order valence-electron chi connectivity index (χ4n) is 2.51. The minimum absolute atomic E-state index is 0. The van der Waals surface area contributed by atoms with Crippen LogP contribution < -0.4 is 10.6 Å². The molecule has 1 aliphatic rings. The lowest BCUT2D eigenvalue weighted by atomic mass is 9.81. The van der Waals surface area contributed by atoms with Gasteiger partial charge in [0.1, 0.15) is 5.82 Å². The Morgan fingerprint density at radius 3 is 2.26 bits per heavy atom. The second-order valence-electron chi connectivity index (χ2n) is 5.06. The van der Waals surface area contributed by atoms with E-state index in [9.17, 15) is 9.18 Å². The number of carbonyl (C=O) groups excluding carboxylic acids is 1. The summed E-state index contributed by atoms with van der Waals surface area (Å²) in [6.45, 7) is 0. The molecule has 1 saturated carbocycles. The molecule has 0 unspecified atom stereocenters. The van der Waals surface area contributed by atoms with Crippen LogP contribution in [0.4, 0.5) is 10.1 Å². The number of anilines is 1. The number of likely N-dealkylation sites (N-methyl/N-ethyl adjacent to an activating group) is 1. The number of carbonyl (C=O) groups is 1. The number of nitrogens with two attached hydrogens (primary N) is 1. The molecule has 0 aromatic heterocycles. The Morgan fingerprint density at radius 1 is 1.21 bits per heavy atom. The van der Waals surface area contributed by atoms with Crippen molar-refractivity contribution in [2.24, 2.45) is 5.73 Å². The molecule has 0 spiro atoms. The van der Waals surface area contributed by atoms with Gasteiger partial charge in [0.15, 0.2) is 0 Å². The van der Waals surface area contributed by atoms with E-state index in [1.807, 2.05) is 0 Å². The van der Waals surface area contributed by atoms with E-state index in [1.54, 1.807) is 19.2 Å². The van der Waals surface area contributed by atoms with Crippen LogP contribution in [-0.2, 0) is 4.79 Å². The molecule has 0 aliphatic heterocycles. The molecule has 106 valence electrons. The van der Waals surface area contributed by atoms with Crippen molar-refractivity contribution in [2.45, 2.75) is 37.6 Å². The molecule has 0 heterocycles. The van der Waals surface area contributed by atoms with Gasteiger partial charge in [0, 0.05) is 12.7 Å². The predicted molar refractivity (Wildman–Crippen MR) is 77.1 cm³/mol. The van der Waals surface area contributed by atoms with Crippen LogP contribution in [0.15, 0.2) is 24.3 Å². The maximum Gasteiger partial charge on any atom is 0.246 e. The van der Waals surface area contributed by atoms with E-state index in [4.69, 9.17) is 5.73 Å². The first-order chi connectivity index (χ1) is 8.53. The van der Waals surface area contributed by atoms with Crippen LogP contribution in [-0.4, -0.2) is 18.5 Å². The van der Waals surface area contributed by atoms with Crippen LogP contribution >= 0.6 is 12.4 Å². The highest BCUT2D eigenvalue weighted by atomic mass is 35.5. The molecule has 1 amide bonds.